The molecule has 0 amide bonds. The van der Waals surface area contributed by atoms with Crippen molar-refractivity contribution in [2.24, 2.45) is 0 Å². The van der Waals surface area contributed by atoms with Gasteiger partial charge in [0.15, 0.2) is 12.1 Å². The summed E-state index contributed by atoms with van der Waals surface area (Å²) in [7, 11) is -2.62. The van der Waals surface area contributed by atoms with Gasteiger partial charge in [0.1, 0.15) is 11.9 Å². The minimum Gasteiger partial charge on any atom is -0.389 e. The fourth-order valence-corrected chi connectivity index (χ4v) is 7.33. The second-order valence-electron chi connectivity index (χ2n) is 9.94. The number of aromatic nitrogens is 3. The SMILES string of the molecule is CC(C)(C)[Si](C)(C)C(O)(CC(O)c1nc(Br)nn1C1CCCCO1)c1ccccc1F. The Labute approximate surface area is 193 Å². The highest BCUT2D eigenvalue weighted by atomic mass is 79.9. The molecule has 1 aliphatic heterocycles. The molecule has 0 bridgehead atoms. The third-order valence-corrected chi connectivity index (χ3v) is 13.7. The Kier molecular flexibility index (Phi) is 7.13. The lowest BCUT2D eigenvalue weighted by atomic mass is 10.0. The van der Waals surface area contributed by atoms with E-state index in [1.807, 2.05) is 13.1 Å². The molecule has 0 radical (unpaired) electrons. The number of rotatable bonds is 6. The van der Waals surface area contributed by atoms with Gasteiger partial charge in [0.2, 0.25) is 4.73 Å². The first kappa shape index (κ1) is 24.5. The van der Waals surface area contributed by atoms with Crippen LogP contribution in [0.3, 0.4) is 0 Å². The predicted octanol–water partition coefficient (Wildman–Crippen LogP) is 5.24. The van der Waals surface area contributed by atoms with Crippen molar-refractivity contribution in [3.8, 4) is 0 Å². The van der Waals surface area contributed by atoms with Crippen molar-refractivity contribution in [1.82, 2.24) is 14.8 Å². The summed E-state index contributed by atoms with van der Waals surface area (Å²) in [5.74, 6) is -0.160. The normalized spacial score (nSPS) is 21.0. The Morgan fingerprint density at radius 1 is 1.29 bits per heavy atom. The lowest BCUT2D eigenvalue weighted by Crippen LogP contribution is -2.58. The van der Waals surface area contributed by atoms with Crippen LogP contribution in [-0.4, -0.2) is 39.7 Å². The van der Waals surface area contributed by atoms with E-state index >= 15 is 0 Å². The quantitative estimate of drug-likeness (QED) is 0.516. The van der Waals surface area contributed by atoms with Crippen LogP contribution in [-0.2, 0) is 9.96 Å². The van der Waals surface area contributed by atoms with Crippen LogP contribution >= 0.6 is 15.9 Å². The van der Waals surface area contributed by atoms with E-state index in [4.69, 9.17) is 4.74 Å². The number of nitrogens with zero attached hydrogens (tertiary/aromatic N) is 3. The maximum Gasteiger partial charge on any atom is 0.217 e. The van der Waals surface area contributed by atoms with Crippen LogP contribution in [0.1, 0.15) is 70.2 Å². The number of hydrogen-bond acceptors (Lipinski definition) is 5. The van der Waals surface area contributed by atoms with Crippen molar-refractivity contribution in [2.75, 3.05) is 6.61 Å². The van der Waals surface area contributed by atoms with Gasteiger partial charge in [0, 0.05) is 18.6 Å². The fourth-order valence-electron chi connectivity index (χ4n) is 4.15. The zero-order valence-electron chi connectivity index (χ0n) is 18.9. The molecule has 2 heterocycles. The van der Waals surface area contributed by atoms with Crippen LogP contribution in [0.4, 0.5) is 4.39 Å². The van der Waals surface area contributed by atoms with Crippen molar-refractivity contribution < 1.29 is 19.3 Å². The van der Waals surface area contributed by atoms with Gasteiger partial charge >= 0.3 is 0 Å². The van der Waals surface area contributed by atoms with Gasteiger partial charge in [-0.1, -0.05) is 52.1 Å². The molecule has 2 N–H and O–H groups in total. The molecule has 1 saturated heterocycles. The van der Waals surface area contributed by atoms with E-state index in [1.54, 1.807) is 22.9 Å². The molecule has 3 unspecified atom stereocenters. The molecule has 3 atom stereocenters. The Morgan fingerprint density at radius 3 is 2.55 bits per heavy atom. The first-order chi connectivity index (χ1) is 14.4. The van der Waals surface area contributed by atoms with Gasteiger partial charge in [-0.25, -0.2) is 14.1 Å². The van der Waals surface area contributed by atoms with E-state index in [0.29, 0.717) is 17.2 Å². The van der Waals surface area contributed by atoms with Crippen LogP contribution in [0.15, 0.2) is 29.0 Å². The lowest BCUT2D eigenvalue weighted by molar-refractivity contribution is -0.0482. The Balaban J connectivity index is 2.04. The standard InChI is InChI=1S/C22H33BrFN3O3Si/c1-21(2,3)31(4,5)22(29,15-10-6-7-11-16(15)24)14-17(28)19-25-20(23)26-27(19)18-12-8-9-13-30-18/h6-7,10-11,17-18,28-29H,8-9,12-14H2,1-5H3. The predicted molar refractivity (Wildman–Crippen MR) is 124 cm³/mol. The van der Waals surface area contributed by atoms with Crippen molar-refractivity contribution in [3.05, 3.63) is 46.2 Å². The molecule has 0 aliphatic carbocycles. The summed E-state index contributed by atoms with van der Waals surface area (Å²) in [4.78, 5) is 4.38. The molecule has 1 fully saturated rings. The Morgan fingerprint density at radius 2 is 1.97 bits per heavy atom. The Hall–Kier alpha value is -1.13. The third-order valence-electron chi connectivity index (χ3n) is 7.08. The highest BCUT2D eigenvalue weighted by Gasteiger charge is 2.55. The first-order valence-electron chi connectivity index (χ1n) is 10.8. The summed E-state index contributed by atoms with van der Waals surface area (Å²) in [5, 5.41) is 26.0. The maximum absolute atomic E-state index is 15.0. The van der Waals surface area contributed by atoms with Crippen LogP contribution in [0.2, 0.25) is 18.1 Å². The molecule has 3 rings (SSSR count). The number of ether oxygens (including phenoxy) is 1. The van der Waals surface area contributed by atoms with Crippen LogP contribution < -0.4 is 0 Å². The van der Waals surface area contributed by atoms with Crippen molar-refractivity contribution in [1.29, 1.82) is 0 Å². The largest absolute Gasteiger partial charge is 0.389 e. The molecule has 6 nitrogen and oxygen atoms in total. The molecule has 172 valence electrons. The molecule has 9 heteroatoms. The summed E-state index contributed by atoms with van der Waals surface area (Å²) in [6.07, 6.45) is 1.22. The summed E-state index contributed by atoms with van der Waals surface area (Å²) >= 11 is 3.30. The summed E-state index contributed by atoms with van der Waals surface area (Å²) in [5.41, 5.74) is 0.222. The molecule has 31 heavy (non-hydrogen) atoms. The lowest BCUT2D eigenvalue weighted by Gasteiger charge is -2.50. The van der Waals surface area contributed by atoms with Gasteiger partial charge in [-0.3, -0.25) is 0 Å². The molecular weight excluding hydrogens is 481 g/mol. The van der Waals surface area contributed by atoms with Gasteiger partial charge in [0.05, 0.1) is 13.3 Å². The van der Waals surface area contributed by atoms with E-state index in [0.717, 1.165) is 19.3 Å². The average molecular weight is 515 g/mol. The van der Waals surface area contributed by atoms with E-state index in [9.17, 15) is 14.6 Å². The van der Waals surface area contributed by atoms with Crippen LogP contribution in [0.25, 0.3) is 0 Å². The number of aliphatic hydroxyl groups is 2. The van der Waals surface area contributed by atoms with Crippen molar-refractivity contribution in [2.45, 2.75) is 82.1 Å². The molecule has 2 aromatic rings. The van der Waals surface area contributed by atoms with E-state index in [1.165, 1.54) is 6.07 Å². The minimum absolute atomic E-state index is 0.0811. The van der Waals surface area contributed by atoms with Crippen molar-refractivity contribution in [3.63, 3.8) is 0 Å². The van der Waals surface area contributed by atoms with Gasteiger partial charge in [-0.2, -0.15) is 0 Å². The Bertz CT molecular complexity index is 912. The van der Waals surface area contributed by atoms with Gasteiger partial charge in [-0.05, 0) is 46.3 Å². The van der Waals surface area contributed by atoms with Gasteiger partial charge < -0.3 is 14.9 Å². The third kappa shape index (κ3) is 4.66. The second-order valence-corrected chi connectivity index (χ2v) is 16.2. The van der Waals surface area contributed by atoms with Gasteiger partial charge in [-0.15, -0.1) is 5.10 Å². The monoisotopic (exact) mass is 513 g/mol. The number of benzene rings is 1. The zero-order valence-corrected chi connectivity index (χ0v) is 21.5. The number of hydrogen-bond donors (Lipinski definition) is 2. The van der Waals surface area contributed by atoms with Crippen LogP contribution in [0, 0.1) is 5.82 Å². The van der Waals surface area contributed by atoms with Crippen molar-refractivity contribution >= 4 is 24.0 Å². The highest BCUT2D eigenvalue weighted by Crippen LogP contribution is 2.51. The topological polar surface area (TPSA) is 80.4 Å². The molecular formula is C22H33BrFN3O3Si. The number of halogens is 2. The molecule has 1 aliphatic rings. The molecule has 1 aromatic heterocycles. The van der Waals surface area contributed by atoms with E-state index in [2.05, 4.69) is 46.8 Å². The van der Waals surface area contributed by atoms with Gasteiger partial charge in [0.25, 0.3) is 0 Å². The first-order valence-corrected chi connectivity index (χ1v) is 14.6. The van der Waals surface area contributed by atoms with Crippen LogP contribution in [0.5, 0.6) is 0 Å². The molecule has 0 saturated carbocycles. The number of aliphatic hydroxyl groups excluding tert-OH is 1. The average Bonchev–Trinajstić information content (AvgIpc) is 3.10. The zero-order chi connectivity index (χ0) is 23.0. The molecule has 0 spiro atoms. The summed E-state index contributed by atoms with van der Waals surface area (Å²) in [6, 6.07) is 6.30. The fraction of sp³-hybridized carbons (Fsp3) is 0.636. The second kappa shape index (κ2) is 9.01. The molecule has 1 aromatic carbocycles. The smallest absolute Gasteiger partial charge is 0.217 e. The van der Waals surface area contributed by atoms with E-state index in [-0.39, 0.29) is 23.3 Å². The minimum atomic E-state index is -2.62. The summed E-state index contributed by atoms with van der Waals surface area (Å²) < 4.78 is 22.7. The highest BCUT2D eigenvalue weighted by molar-refractivity contribution is 9.10. The summed E-state index contributed by atoms with van der Waals surface area (Å²) in [6.45, 7) is 10.9. The van der Waals surface area contributed by atoms with E-state index < -0.39 is 25.2 Å². The maximum atomic E-state index is 15.0.